The summed E-state index contributed by atoms with van der Waals surface area (Å²) in [6, 6.07) is 0. The Morgan fingerprint density at radius 3 is 3.05 bits per heavy atom. The van der Waals surface area contributed by atoms with Crippen LogP contribution in [0, 0.1) is 0 Å². The normalized spacial score (nSPS) is 22.1. The van der Waals surface area contributed by atoms with Crippen LogP contribution in [0.2, 0.25) is 0 Å². The van der Waals surface area contributed by atoms with Crippen molar-refractivity contribution in [1.29, 1.82) is 0 Å². The number of rotatable bonds is 6. The van der Waals surface area contributed by atoms with Crippen molar-refractivity contribution in [1.82, 2.24) is 10.3 Å². The number of aromatic nitrogens is 1. The minimum Gasteiger partial charge on any atom is -0.374 e. The lowest BCUT2D eigenvalue weighted by molar-refractivity contribution is -0.116. The molecular weight excluding hydrogens is 274 g/mol. The van der Waals surface area contributed by atoms with Gasteiger partial charge < -0.3 is 10.1 Å². The van der Waals surface area contributed by atoms with Gasteiger partial charge in [0.2, 0.25) is 5.91 Å². The standard InChI is InChI=1S/C14H23N3O2S/c1-4-17(11(2)18)13-16-12(9-20-13)8-15-10-14(3)6-5-7-19-14/h9,15H,4-8,10H2,1-3H3. The Kier molecular flexibility index (Phi) is 5.12. The van der Waals surface area contributed by atoms with Gasteiger partial charge in [-0.15, -0.1) is 11.3 Å². The topological polar surface area (TPSA) is 54.5 Å². The zero-order valence-corrected chi connectivity index (χ0v) is 13.3. The van der Waals surface area contributed by atoms with Gasteiger partial charge in [0.15, 0.2) is 5.13 Å². The average molecular weight is 297 g/mol. The van der Waals surface area contributed by atoms with Gasteiger partial charge in [-0.2, -0.15) is 0 Å². The van der Waals surface area contributed by atoms with E-state index in [0.29, 0.717) is 13.1 Å². The summed E-state index contributed by atoms with van der Waals surface area (Å²) in [7, 11) is 0. The van der Waals surface area contributed by atoms with Crippen LogP contribution >= 0.6 is 11.3 Å². The van der Waals surface area contributed by atoms with E-state index in [2.05, 4.69) is 17.2 Å². The number of nitrogens with one attached hydrogen (secondary N) is 1. The van der Waals surface area contributed by atoms with Crippen LogP contribution in [0.25, 0.3) is 0 Å². The van der Waals surface area contributed by atoms with Crippen molar-refractivity contribution in [2.75, 3.05) is 24.6 Å². The fraction of sp³-hybridized carbons (Fsp3) is 0.714. The molecule has 1 atom stereocenters. The van der Waals surface area contributed by atoms with Crippen LogP contribution in [0.5, 0.6) is 0 Å². The second-order valence-corrected chi connectivity index (χ2v) is 6.23. The maximum Gasteiger partial charge on any atom is 0.225 e. The molecule has 2 rings (SSSR count). The van der Waals surface area contributed by atoms with Crippen molar-refractivity contribution in [3.63, 3.8) is 0 Å². The molecule has 1 aliphatic heterocycles. The molecule has 6 heteroatoms. The van der Waals surface area contributed by atoms with E-state index in [-0.39, 0.29) is 11.5 Å². The first kappa shape index (κ1) is 15.4. The molecular formula is C14H23N3O2S. The van der Waals surface area contributed by atoms with Gasteiger partial charge in [0.05, 0.1) is 11.3 Å². The van der Waals surface area contributed by atoms with E-state index < -0.39 is 0 Å². The van der Waals surface area contributed by atoms with E-state index in [1.54, 1.807) is 11.8 Å². The van der Waals surface area contributed by atoms with E-state index in [0.717, 1.165) is 36.8 Å². The van der Waals surface area contributed by atoms with Crippen LogP contribution < -0.4 is 10.2 Å². The highest BCUT2D eigenvalue weighted by Gasteiger charge is 2.29. The molecule has 112 valence electrons. The Morgan fingerprint density at radius 1 is 1.65 bits per heavy atom. The number of thiazole rings is 1. The number of carbonyl (C=O) groups is 1. The van der Waals surface area contributed by atoms with Gasteiger partial charge >= 0.3 is 0 Å². The van der Waals surface area contributed by atoms with Crippen molar-refractivity contribution >= 4 is 22.4 Å². The highest BCUT2D eigenvalue weighted by Crippen LogP contribution is 2.24. The van der Waals surface area contributed by atoms with Crippen LogP contribution in [0.4, 0.5) is 5.13 Å². The van der Waals surface area contributed by atoms with Gasteiger partial charge in [-0.05, 0) is 26.7 Å². The van der Waals surface area contributed by atoms with Gasteiger partial charge in [-0.25, -0.2) is 4.98 Å². The highest BCUT2D eigenvalue weighted by atomic mass is 32.1. The maximum absolute atomic E-state index is 11.5. The second kappa shape index (κ2) is 6.65. The van der Waals surface area contributed by atoms with Gasteiger partial charge in [0, 0.05) is 38.5 Å². The summed E-state index contributed by atoms with van der Waals surface area (Å²) in [6.45, 7) is 8.74. The number of anilines is 1. The van der Waals surface area contributed by atoms with Crippen LogP contribution in [-0.4, -0.2) is 36.2 Å². The molecule has 20 heavy (non-hydrogen) atoms. The van der Waals surface area contributed by atoms with E-state index in [9.17, 15) is 4.79 Å². The molecule has 0 saturated carbocycles. The number of hydrogen-bond acceptors (Lipinski definition) is 5. The van der Waals surface area contributed by atoms with Crippen molar-refractivity contribution in [2.45, 2.75) is 45.8 Å². The molecule has 1 aromatic rings. The van der Waals surface area contributed by atoms with Crippen molar-refractivity contribution in [3.8, 4) is 0 Å². The lowest BCUT2D eigenvalue weighted by Crippen LogP contribution is -2.36. The van der Waals surface area contributed by atoms with Crippen LogP contribution in [0.15, 0.2) is 5.38 Å². The van der Waals surface area contributed by atoms with Gasteiger partial charge in [-0.3, -0.25) is 9.69 Å². The Labute approximate surface area is 124 Å². The van der Waals surface area contributed by atoms with Gasteiger partial charge in [0.1, 0.15) is 0 Å². The first-order valence-electron chi connectivity index (χ1n) is 7.11. The minimum atomic E-state index is -0.0340. The third-order valence-electron chi connectivity index (χ3n) is 3.57. The zero-order chi connectivity index (χ0) is 14.6. The van der Waals surface area contributed by atoms with E-state index in [1.807, 2.05) is 12.3 Å². The number of carbonyl (C=O) groups excluding carboxylic acids is 1. The molecule has 1 unspecified atom stereocenters. The predicted octanol–water partition coefficient (Wildman–Crippen LogP) is 2.17. The number of amides is 1. The van der Waals surface area contributed by atoms with Crippen molar-refractivity contribution in [3.05, 3.63) is 11.1 Å². The Morgan fingerprint density at radius 2 is 2.45 bits per heavy atom. The predicted molar refractivity (Wildman–Crippen MR) is 81.1 cm³/mol. The summed E-state index contributed by atoms with van der Waals surface area (Å²) >= 11 is 1.52. The van der Waals surface area contributed by atoms with Crippen LogP contribution in [0.1, 0.15) is 39.3 Å². The monoisotopic (exact) mass is 297 g/mol. The van der Waals surface area contributed by atoms with Gasteiger partial charge in [-0.1, -0.05) is 0 Å². The summed E-state index contributed by atoms with van der Waals surface area (Å²) in [5.41, 5.74) is 0.944. The molecule has 0 spiro atoms. The molecule has 1 N–H and O–H groups in total. The smallest absolute Gasteiger partial charge is 0.225 e. The van der Waals surface area contributed by atoms with E-state index >= 15 is 0 Å². The Hall–Kier alpha value is -0.980. The van der Waals surface area contributed by atoms with Crippen LogP contribution in [0.3, 0.4) is 0 Å². The molecule has 1 aliphatic rings. The molecule has 2 heterocycles. The maximum atomic E-state index is 11.5. The van der Waals surface area contributed by atoms with Crippen molar-refractivity contribution in [2.24, 2.45) is 0 Å². The Balaban J connectivity index is 1.85. The number of nitrogens with zero attached hydrogens (tertiary/aromatic N) is 2. The SMILES string of the molecule is CCN(C(C)=O)c1nc(CNCC2(C)CCCO2)cs1. The zero-order valence-electron chi connectivity index (χ0n) is 12.4. The largest absolute Gasteiger partial charge is 0.374 e. The highest BCUT2D eigenvalue weighted by molar-refractivity contribution is 7.14. The van der Waals surface area contributed by atoms with E-state index in [1.165, 1.54) is 11.3 Å². The lowest BCUT2D eigenvalue weighted by atomic mass is 10.0. The summed E-state index contributed by atoms with van der Waals surface area (Å²) in [4.78, 5) is 17.7. The molecule has 0 aromatic carbocycles. The molecule has 0 bridgehead atoms. The third-order valence-corrected chi connectivity index (χ3v) is 4.48. The summed E-state index contributed by atoms with van der Waals surface area (Å²) in [5, 5.41) is 6.18. The fourth-order valence-electron chi connectivity index (χ4n) is 2.43. The number of hydrogen-bond donors (Lipinski definition) is 1. The summed E-state index contributed by atoms with van der Waals surface area (Å²) < 4.78 is 5.74. The summed E-state index contributed by atoms with van der Waals surface area (Å²) in [6.07, 6.45) is 2.25. The molecule has 5 nitrogen and oxygen atoms in total. The average Bonchev–Trinajstić information content (AvgIpc) is 3.00. The molecule has 1 aromatic heterocycles. The molecule has 0 radical (unpaired) electrons. The lowest BCUT2D eigenvalue weighted by Gasteiger charge is -2.23. The number of ether oxygens (including phenoxy) is 1. The minimum absolute atomic E-state index is 0.0340. The quantitative estimate of drug-likeness (QED) is 0.874. The molecule has 1 fully saturated rings. The van der Waals surface area contributed by atoms with E-state index in [4.69, 9.17) is 4.74 Å². The molecule has 0 aliphatic carbocycles. The van der Waals surface area contributed by atoms with Crippen molar-refractivity contribution < 1.29 is 9.53 Å². The van der Waals surface area contributed by atoms with Crippen LogP contribution in [-0.2, 0) is 16.1 Å². The van der Waals surface area contributed by atoms with Gasteiger partial charge in [0.25, 0.3) is 0 Å². The first-order valence-corrected chi connectivity index (χ1v) is 7.99. The summed E-state index contributed by atoms with van der Waals surface area (Å²) in [5.74, 6) is 0.0354. The Bertz CT molecular complexity index is 455. The first-order chi connectivity index (χ1) is 9.54. The third kappa shape index (κ3) is 3.77. The fourth-order valence-corrected chi connectivity index (χ4v) is 3.36. The second-order valence-electron chi connectivity index (χ2n) is 5.39. The molecule has 1 saturated heterocycles. The molecule has 1 amide bonds.